The highest BCUT2D eigenvalue weighted by Gasteiger charge is 2.40. The Kier molecular flexibility index (Phi) is 4.57. The predicted molar refractivity (Wildman–Crippen MR) is 87.4 cm³/mol. The number of ketones is 1. The lowest BCUT2D eigenvalue weighted by Crippen LogP contribution is -2.54. The quantitative estimate of drug-likeness (QED) is 0.596. The minimum atomic E-state index is -1.52. The number of hydrogen-bond donors (Lipinski definition) is 1. The van der Waals surface area contributed by atoms with Crippen LogP contribution in [0.2, 0.25) is 0 Å². The predicted octanol–water partition coefficient (Wildman–Crippen LogP) is -0.344. The molecule has 1 aromatic heterocycles. The summed E-state index contributed by atoms with van der Waals surface area (Å²) < 4.78 is 14.2. The van der Waals surface area contributed by atoms with E-state index < -0.39 is 29.5 Å². The summed E-state index contributed by atoms with van der Waals surface area (Å²) >= 11 is 0. The fourth-order valence-electron chi connectivity index (χ4n) is 2.39. The van der Waals surface area contributed by atoms with Crippen molar-refractivity contribution in [3.05, 3.63) is 47.8 Å². The molecule has 2 heterocycles. The second-order valence-electron chi connectivity index (χ2n) is 5.62. The van der Waals surface area contributed by atoms with Gasteiger partial charge in [0.2, 0.25) is 5.96 Å². The smallest absolute Gasteiger partial charge is 0.299 e. The first-order valence-electron chi connectivity index (χ1n) is 7.67. The molecule has 0 saturated carbocycles. The number of amides is 2. The van der Waals surface area contributed by atoms with Crippen molar-refractivity contribution in [1.29, 1.82) is 0 Å². The lowest BCUT2D eigenvalue weighted by Gasteiger charge is -2.26. The zero-order valence-electron chi connectivity index (χ0n) is 14.0. The van der Waals surface area contributed by atoms with Crippen molar-refractivity contribution in [2.75, 3.05) is 7.05 Å². The van der Waals surface area contributed by atoms with E-state index in [1.807, 2.05) is 0 Å². The summed E-state index contributed by atoms with van der Waals surface area (Å²) in [5, 5.41) is 6.48. The van der Waals surface area contributed by atoms with Crippen LogP contribution in [0.25, 0.3) is 0 Å². The average Bonchev–Trinajstić information content (AvgIpc) is 3.05. The molecule has 1 unspecified atom stereocenters. The van der Waals surface area contributed by atoms with E-state index in [9.17, 15) is 18.8 Å². The van der Waals surface area contributed by atoms with E-state index in [1.54, 1.807) is 6.92 Å². The number of halogens is 1. The standard InChI is InChI=1S/C16H15FN6O3/c1-9-19-8-20-23(9)16-21-12(13(24)15(26)22(16)2)14(25)18-7-10-3-5-11(17)6-4-10/h3-6,8,12H,7H2,1-2H3,(H,18,25). The Morgan fingerprint density at radius 1 is 1.27 bits per heavy atom. The van der Waals surface area contributed by atoms with Crippen LogP contribution in [0.5, 0.6) is 0 Å². The van der Waals surface area contributed by atoms with Gasteiger partial charge in [0.15, 0.2) is 6.04 Å². The molecule has 3 rings (SSSR count). The van der Waals surface area contributed by atoms with Crippen LogP contribution in [0.15, 0.2) is 35.6 Å². The Hall–Kier alpha value is -3.43. The first-order chi connectivity index (χ1) is 12.4. The minimum absolute atomic E-state index is 0.0338. The molecule has 0 fully saturated rings. The number of hydrogen-bond acceptors (Lipinski definition) is 6. The van der Waals surface area contributed by atoms with Crippen LogP contribution in [-0.4, -0.2) is 56.3 Å². The third-order valence-corrected chi connectivity index (χ3v) is 3.84. The molecule has 9 nitrogen and oxygen atoms in total. The molecule has 26 heavy (non-hydrogen) atoms. The van der Waals surface area contributed by atoms with E-state index in [2.05, 4.69) is 20.4 Å². The number of carbonyl (C=O) groups is 3. The van der Waals surface area contributed by atoms with E-state index in [4.69, 9.17) is 0 Å². The van der Waals surface area contributed by atoms with E-state index in [1.165, 1.54) is 42.3 Å². The highest BCUT2D eigenvalue weighted by Crippen LogP contribution is 2.10. The number of rotatable bonds is 3. The van der Waals surface area contributed by atoms with Gasteiger partial charge in [-0.05, 0) is 24.6 Å². The Morgan fingerprint density at radius 3 is 2.58 bits per heavy atom. The summed E-state index contributed by atoms with van der Waals surface area (Å²) in [6, 6.07) is 4.01. The van der Waals surface area contributed by atoms with Gasteiger partial charge >= 0.3 is 0 Å². The zero-order chi connectivity index (χ0) is 18.8. The fraction of sp³-hybridized carbons (Fsp3) is 0.250. The average molecular weight is 358 g/mol. The van der Waals surface area contributed by atoms with Crippen molar-refractivity contribution in [3.63, 3.8) is 0 Å². The Balaban J connectivity index is 1.82. The third-order valence-electron chi connectivity index (χ3n) is 3.84. The number of aliphatic imine (C=N–C) groups is 1. The molecule has 0 radical (unpaired) electrons. The van der Waals surface area contributed by atoms with Crippen LogP contribution in [0, 0.1) is 12.7 Å². The molecule has 134 valence electrons. The number of aryl methyl sites for hydroxylation is 1. The largest absolute Gasteiger partial charge is 0.350 e. The summed E-state index contributed by atoms with van der Waals surface area (Å²) in [6.45, 7) is 1.72. The van der Waals surface area contributed by atoms with E-state index in [0.717, 1.165) is 4.90 Å². The first-order valence-corrected chi connectivity index (χ1v) is 7.67. The molecule has 1 aliphatic rings. The Bertz CT molecular complexity index is 905. The second kappa shape index (κ2) is 6.82. The van der Waals surface area contributed by atoms with Gasteiger partial charge in [-0.2, -0.15) is 9.78 Å². The summed E-state index contributed by atoms with van der Waals surface area (Å²) in [6.07, 6.45) is 1.27. The molecule has 2 amide bonds. The lowest BCUT2D eigenvalue weighted by atomic mass is 10.1. The number of nitrogens with one attached hydrogen (secondary N) is 1. The van der Waals surface area contributed by atoms with E-state index >= 15 is 0 Å². The van der Waals surface area contributed by atoms with Crippen molar-refractivity contribution in [1.82, 2.24) is 25.0 Å². The minimum Gasteiger partial charge on any atom is -0.350 e. The van der Waals surface area contributed by atoms with Crippen LogP contribution < -0.4 is 5.32 Å². The maximum absolute atomic E-state index is 12.9. The van der Waals surface area contributed by atoms with E-state index in [-0.39, 0.29) is 12.5 Å². The van der Waals surface area contributed by atoms with Gasteiger partial charge in [-0.25, -0.2) is 14.4 Å². The lowest BCUT2D eigenvalue weighted by molar-refractivity contribution is -0.145. The van der Waals surface area contributed by atoms with Crippen LogP contribution >= 0.6 is 0 Å². The number of carbonyl (C=O) groups excluding carboxylic acids is 3. The summed E-state index contributed by atoms with van der Waals surface area (Å²) in [7, 11) is 1.37. The number of nitrogens with zero attached hydrogens (tertiary/aromatic N) is 5. The van der Waals surface area contributed by atoms with Crippen molar-refractivity contribution in [2.24, 2.45) is 4.99 Å². The van der Waals surface area contributed by atoms with Crippen LogP contribution in [0.4, 0.5) is 4.39 Å². The number of likely N-dealkylation sites (N-methyl/N-ethyl adjacent to an activating group) is 1. The molecule has 0 bridgehead atoms. The third kappa shape index (κ3) is 3.21. The molecular formula is C16H15FN6O3. The zero-order valence-corrected chi connectivity index (χ0v) is 14.0. The Morgan fingerprint density at radius 2 is 1.96 bits per heavy atom. The second-order valence-corrected chi connectivity index (χ2v) is 5.62. The molecule has 1 aromatic carbocycles. The van der Waals surface area contributed by atoms with Crippen LogP contribution in [0.1, 0.15) is 11.4 Å². The summed E-state index contributed by atoms with van der Waals surface area (Å²) in [5.74, 6) is -2.45. The molecular weight excluding hydrogens is 343 g/mol. The highest BCUT2D eigenvalue weighted by atomic mass is 19.1. The molecule has 0 saturated heterocycles. The van der Waals surface area contributed by atoms with E-state index in [0.29, 0.717) is 11.4 Å². The van der Waals surface area contributed by atoms with Gasteiger partial charge < -0.3 is 5.32 Å². The summed E-state index contributed by atoms with van der Waals surface area (Å²) in [5.41, 5.74) is 0.641. The maximum atomic E-state index is 12.9. The topological polar surface area (TPSA) is 110 Å². The molecule has 2 aromatic rings. The monoisotopic (exact) mass is 358 g/mol. The highest BCUT2D eigenvalue weighted by molar-refractivity contribution is 6.45. The number of Topliss-reactive ketones (excluding diaryl/α,β-unsaturated/α-hetero) is 1. The molecule has 0 spiro atoms. The number of benzene rings is 1. The van der Waals surface area contributed by atoms with Gasteiger partial charge in [0.1, 0.15) is 18.0 Å². The normalized spacial score (nSPS) is 17.3. The van der Waals surface area contributed by atoms with Gasteiger partial charge in [0, 0.05) is 13.6 Å². The molecule has 1 aliphatic heterocycles. The fourth-order valence-corrected chi connectivity index (χ4v) is 2.39. The maximum Gasteiger partial charge on any atom is 0.299 e. The molecule has 1 N–H and O–H groups in total. The summed E-state index contributed by atoms with van der Waals surface area (Å²) in [4.78, 5) is 45.8. The van der Waals surface area contributed by atoms with Gasteiger partial charge in [-0.1, -0.05) is 12.1 Å². The first kappa shape index (κ1) is 17.4. The van der Waals surface area contributed by atoms with Crippen LogP contribution in [0.3, 0.4) is 0 Å². The van der Waals surface area contributed by atoms with Crippen molar-refractivity contribution < 1.29 is 18.8 Å². The van der Waals surface area contributed by atoms with Gasteiger partial charge in [-0.15, -0.1) is 0 Å². The van der Waals surface area contributed by atoms with Gasteiger partial charge in [-0.3, -0.25) is 19.3 Å². The van der Waals surface area contributed by atoms with Gasteiger partial charge in [0.25, 0.3) is 17.6 Å². The van der Waals surface area contributed by atoms with Crippen molar-refractivity contribution >= 4 is 23.6 Å². The Labute approximate surface area is 147 Å². The molecule has 1 atom stereocenters. The van der Waals surface area contributed by atoms with Crippen molar-refractivity contribution in [3.8, 4) is 0 Å². The van der Waals surface area contributed by atoms with Gasteiger partial charge in [0.05, 0.1) is 0 Å². The SMILES string of the molecule is Cc1ncnn1C1=NC(C(=O)NCc2ccc(F)cc2)C(=O)C(=O)N1C. The number of aromatic nitrogens is 3. The van der Waals surface area contributed by atoms with Crippen molar-refractivity contribution in [2.45, 2.75) is 19.5 Å². The molecule has 10 heteroatoms. The van der Waals surface area contributed by atoms with Crippen LogP contribution in [-0.2, 0) is 20.9 Å². The molecule has 0 aliphatic carbocycles.